The number of hydrogen-bond acceptors (Lipinski definition) is 6. The van der Waals surface area contributed by atoms with Crippen LogP contribution < -0.4 is 10.6 Å². The summed E-state index contributed by atoms with van der Waals surface area (Å²) in [4.78, 5) is 47.2. The van der Waals surface area contributed by atoms with E-state index in [-0.39, 0.29) is 25.4 Å². The number of carbonyl (C=O) groups excluding carboxylic acids is 3. The van der Waals surface area contributed by atoms with Crippen molar-refractivity contribution >= 4 is 23.9 Å². The maximum absolute atomic E-state index is 12.3. The Kier molecular flexibility index (Phi) is 7.66. The normalized spacial score (nSPS) is 13.8. The van der Waals surface area contributed by atoms with Crippen molar-refractivity contribution in [2.75, 3.05) is 13.7 Å². The van der Waals surface area contributed by atoms with Crippen LogP contribution in [0.1, 0.15) is 36.8 Å². The highest BCUT2D eigenvalue weighted by Gasteiger charge is 2.30. The molecular weight excluding hydrogens is 428 g/mol. The Morgan fingerprint density at radius 2 is 1.55 bits per heavy atom. The summed E-state index contributed by atoms with van der Waals surface area (Å²) in [6.45, 7) is 1.50. The number of aliphatic carboxylic acids is 1. The predicted octanol–water partition coefficient (Wildman–Crippen LogP) is 2.44. The van der Waals surface area contributed by atoms with Crippen LogP contribution in [-0.4, -0.2) is 54.8 Å². The number of esters is 1. The van der Waals surface area contributed by atoms with Crippen molar-refractivity contribution in [2.24, 2.45) is 0 Å². The predicted molar refractivity (Wildman–Crippen MR) is 118 cm³/mol. The van der Waals surface area contributed by atoms with Crippen LogP contribution in [-0.2, 0) is 23.9 Å². The molecule has 2 aromatic rings. The second-order valence-electron chi connectivity index (χ2n) is 7.71. The summed E-state index contributed by atoms with van der Waals surface area (Å²) in [5.74, 6) is -2.70. The zero-order valence-electron chi connectivity index (χ0n) is 18.4. The van der Waals surface area contributed by atoms with Gasteiger partial charge in [-0.25, -0.2) is 9.59 Å². The van der Waals surface area contributed by atoms with Crippen molar-refractivity contribution in [1.82, 2.24) is 10.6 Å². The molecule has 0 saturated carbocycles. The molecule has 0 aliphatic heterocycles. The summed E-state index contributed by atoms with van der Waals surface area (Å²) in [5, 5.41) is 14.0. The Labute approximate surface area is 191 Å². The largest absolute Gasteiger partial charge is 0.480 e. The molecule has 0 saturated heterocycles. The van der Waals surface area contributed by atoms with E-state index in [0.29, 0.717) is 0 Å². The van der Waals surface area contributed by atoms with Gasteiger partial charge in [-0.3, -0.25) is 9.59 Å². The molecule has 1 aliphatic carbocycles. The van der Waals surface area contributed by atoms with Crippen molar-refractivity contribution in [3.05, 3.63) is 59.7 Å². The maximum atomic E-state index is 12.3. The lowest BCUT2D eigenvalue weighted by Crippen LogP contribution is -2.50. The number of hydrogen-bond donors (Lipinski definition) is 3. The number of carboxylic acid groups (broad SMARTS) is 1. The number of amides is 2. The molecule has 2 unspecified atom stereocenters. The summed E-state index contributed by atoms with van der Waals surface area (Å²) < 4.78 is 9.88. The first-order chi connectivity index (χ1) is 15.8. The number of benzene rings is 2. The van der Waals surface area contributed by atoms with Gasteiger partial charge in [-0.1, -0.05) is 48.5 Å². The first-order valence-electron chi connectivity index (χ1n) is 10.5. The van der Waals surface area contributed by atoms with E-state index >= 15 is 0 Å². The van der Waals surface area contributed by atoms with E-state index in [4.69, 9.17) is 4.74 Å². The average molecular weight is 454 g/mol. The third kappa shape index (κ3) is 5.68. The fraction of sp³-hybridized carbons (Fsp3) is 0.333. The molecule has 33 heavy (non-hydrogen) atoms. The fourth-order valence-electron chi connectivity index (χ4n) is 3.80. The first-order valence-corrected chi connectivity index (χ1v) is 10.5. The van der Waals surface area contributed by atoms with Crippen molar-refractivity contribution in [3.63, 3.8) is 0 Å². The minimum atomic E-state index is -1.29. The van der Waals surface area contributed by atoms with Gasteiger partial charge in [0.05, 0.1) is 7.11 Å². The smallest absolute Gasteiger partial charge is 0.407 e. The van der Waals surface area contributed by atoms with Gasteiger partial charge in [0.25, 0.3) is 0 Å². The minimum absolute atomic E-state index is 0.0884. The van der Waals surface area contributed by atoms with Crippen molar-refractivity contribution < 1.29 is 33.8 Å². The van der Waals surface area contributed by atoms with Gasteiger partial charge in [0.1, 0.15) is 18.7 Å². The van der Waals surface area contributed by atoms with E-state index in [0.717, 1.165) is 22.3 Å². The van der Waals surface area contributed by atoms with Gasteiger partial charge in [0, 0.05) is 12.3 Å². The van der Waals surface area contributed by atoms with Gasteiger partial charge in [0.2, 0.25) is 5.91 Å². The number of alkyl carbamates (subject to hydrolysis) is 1. The van der Waals surface area contributed by atoms with E-state index in [1.807, 2.05) is 48.5 Å². The number of methoxy groups -OCH3 is 1. The summed E-state index contributed by atoms with van der Waals surface area (Å²) in [6, 6.07) is 13.5. The molecule has 0 spiro atoms. The Balaban J connectivity index is 1.55. The van der Waals surface area contributed by atoms with Crippen molar-refractivity contribution in [1.29, 1.82) is 0 Å². The number of carboxylic acids is 1. The lowest BCUT2D eigenvalue weighted by molar-refractivity contribution is -0.144. The summed E-state index contributed by atoms with van der Waals surface area (Å²) in [7, 11) is 1.19. The van der Waals surface area contributed by atoms with Crippen LogP contribution in [0.3, 0.4) is 0 Å². The quantitative estimate of drug-likeness (QED) is 0.496. The third-order valence-electron chi connectivity index (χ3n) is 5.55. The van der Waals surface area contributed by atoms with Crippen molar-refractivity contribution in [3.8, 4) is 11.1 Å². The second-order valence-corrected chi connectivity index (χ2v) is 7.71. The molecular formula is C24H26N2O7. The SMILES string of the molecule is COC(=O)CCC(NC(=O)C(C)NC(=O)OCC1c2ccccc2-c2ccccc21)C(=O)O. The number of ether oxygens (including phenoxy) is 2. The molecule has 3 rings (SSSR count). The Hall–Kier alpha value is -3.88. The van der Waals surface area contributed by atoms with Gasteiger partial charge in [0.15, 0.2) is 0 Å². The highest BCUT2D eigenvalue weighted by molar-refractivity contribution is 5.89. The number of carbonyl (C=O) groups is 4. The lowest BCUT2D eigenvalue weighted by atomic mass is 9.98. The molecule has 1 aliphatic rings. The van der Waals surface area contributed by atoms with E-state index in [2.05, 4.69) is 15.4 Å². The molecule has 0 aromatic heterocycles. The zero-order chi connectivity index (χ0) is 24.0. The Morgan fingerprint density at radius 1 is 0.970 bits per heavy atom. The van der Waals surface area contributed by atoms with Crippen LogP contribution in [0.15, 0.2) is 48.5 Å². The number of rotatable bonds is 9. The monoisotopic (exact) mass is 454 g/mol. The van der Waals surface area contributed by atoms with E-state index < -0.39 is 36.0 Å². The van der Waals surface area contributed by atoms with Gasteiger partial charge >= 0.3 is 18.0 Å². The zero-order valence-corrected chi connectivity index (χ0v) is 18.4. The van der Waals surface area contributed by atoms with Crippen molar-refractivity contribution in [2.45, 2.75) is 37.8 Å². The summed E-state index contributed by atoms with van der Waals surface area (Å²) in [6.07, 6.45) is -1.09. The van der Waals surface area contributed by atoms with Crippen LogP contribution in [0.4, 0.5) is 4.79 Å². The number of nitrogens with one attached hydrogen (secondary N) is 2. The van der Waals surface area contributed by atoms with Gasteiger partial charge < -0.3 is 25.2 Å². The first kappa shape index (κ1) is 23.8. The highest BCUT2D eigenvalue weighted by Crippen LogP contribution is 2.44. The molecule has 3 N–H and O–H groups in total. The molecule has 174 valence electrons. The fourth-order valence-corrected chi connectivity index (χ4v) is 3.80. The van der Waals surface area contributed by atoms with Crippen LogP contribution >= 0.6 is 0 Å². The highest BCUT2D eigenvalue weighted by atomic mass is 16.5. The van der Waals surface area contributed by atoms with E-state index in [1.54, 1.807) is 0 Å². The standard InChI is InChI=1S/C24H26N2O7/c1-14(22(28)26-20(23(29)30)11-12-21(27)32-2)25-24(31)33-13-19-17-9-5-3-7-15(17)16-8-4-6-10-18(16)19/h3-10,14,19-20H,11-13H2,1-2H3,(H,25,31)(H,26,28)(H,29,30). The Morgan fingerprint density at radius 3 is 2.09 bits per heavy atom. The van der Waals surface area contributed by atoms with Gasteiger partial charge in [-0.05, 0) is 35.6 Å². The van der Waals surface area contributed by atoms with Crippen LogP contribution in [0.2, 0.25) is 0 Å². The van der Waals surface area contributed by atoms with Crippen LogP contribution in [0.5, 0.6) is 0 Å². The molecule has 0 bridgehead atoms. The van der Waals surface area contributed by atoms with Crippen LogP contribution in [0, 0.1) is 0 Å². The molecule has 0 radical (unpaired) electrons. The second kappa shape index (κ2) is 10.6. The molecule has 2 amide bonds. The molecule has 0 heterocycles. The minimum Gasteiger partial charge on any atom is -0.480 e. The maximum Gasteiger partial charge on any atom is 0.407 e. The summed E-state index contributed by atoms with van der Waals surface area (Å²) in [5.41, 5.74) is 4.32. The van der Waals surface area contributed by atoms with Gasteiger partial charge in [-0.15, -0.1) is 0 Å². The van der Waals surface area contributed by atoms with E-state index in [9.17, 15) is 24.3 Å². The Bertz CT molecular complexity index is 1010. The number of fused-ring (bicyclic) bond motifs is 3. The summed E-state index contributed by atoms with van der Waals surface area (Å²) >= 11 is 0. The third-order valence-corrected chi connectivity index (χ3v) is 5.55. The van der Waals surface area contributed by atoms with Gasteiger partial charge in [-0.2, -0.15) is 0 Å². The molecule has 0 fully saturated rings. The average Bonchev–Trinajstić information content (AvgIpc) is 3.13. The lowest BCUT2D eigenvalue weighted by Gasteiger charge is -2.19. The molecule has 2 atom stereocenters. The van der Waals surface area contributed by atoms with E-state index in [1.165, 1.54) is 14.0 Å². The molecule has 2 aromatic carbocycles. The molecule has 9 heteroatoms. The topological polar surface area (TPSA) is 131 Å². The molecule has 9 nitrogen and oxygen atoms in total. The van der Waals surface area contributed by atoms with Crippen LogP contribution in [0.25, 0.3) is 11.1 Å².